The van der Waals surface area contributed by atoms with E-state index >= 15 is 0 Å². The van der Waals surface area contributed by atoms with Crippen molar-refractivity contribution >= 4 is 17.1 Å². The largest absolute Gasteiger partial charge is 0.497 e. The normalized spacial score (nSPS) is 14.6. The average Bonchev–Trinajstić information content (AvgIpc) is 2.61. The molecule has 2 aromatic carbocycles. The molecule has 0 amide bonds. The molecule has 1 fully saturated rings. The number of anilines is 2. The fourth-order valence-electron chi connectivity index (χ4n) is 3.06. The molecule has 0 aliphatic carbocycles. The Bertz CT molecular complexity index is 723. The molecule has 1 saturated heterocycles. The van der Waals surface area contributed by atoms with Crippen LogP contribution in [0.15, 0.2) is 42.5 Å². The van der Waals surface area contributed by atoms with Crippen LogP contribution in [-0.2, 0) is 0 Å². The molecule has 6 heteroatoms. The molecule has 126 valence electrons. The van der Waals surface area contributed by atoms with Crippen LogP contribution < -0.4 is 14.5 Å². The topological polar surface area (TPSA) is 58.8 Å². The molecule has 0 radical (unpaired) electrons. The summed E-state index contributed by atoms with van der Waals surface area (Å²) in [7, 11) is 1.67. The summed E-state index contributed by atoms with van der Waals surface area (Å²) >= 11 is 0. The summed E-state index contributed by atoms with van der Waals surface area (Å²) in [5.41, 5.74) is 3.12. The minimum absolute atomic E-state index is 0.176. The predicted octanol–water partition coefficient (Wildman–Crippen LogP) is 3.24. The lowest BCUT2D eigenvalue weighted by atomic mass is 10.1. The van der Waals surface area contributed by atoms with Gasteiger partial charge >= 0.3 is 0 Å². The van der Waals surface area contributed by atoms with Gasteiger partial charge in [-0.1, -0.05) is 0 Å². The Morgan fingerprint density at radius 3 is 2.00 bits per heavy atom. The summed E-state index contributed by atoms with van der Waals surface area (Å²) in [6.07, 6.45) is 0. The first-order valence-corrected chi connectivity index (χ1v) is 7.97. The van der Waals surface area contributed by atoms with Crippen molar-refractivity contribution in [2.24, 2.45) is 0 Å². The van der Waals surface area contributed by atoms with Crippen LogP contribution in [0.2, 0.25) is 0 Å². The lowest BCUT2D eigenvalue weighted by Gasteiger charge is -2.37. The molecule has 3 rings (SSSR count). The van der Waals surface area contributed by atoms with Crippen LogP contribution in [0.3, 0.4) is 0 Å². The first-order chi connectivity index (χ1) is 11.6. The third-order valence-corrected chi connectivity index (χ3v) is 4.46. The van der Waals surface area contributed by atoms with Gasteiger partial charge in [0.15, 0.2) is 0 Å². The van der Waals surface area contributed by atoms with Crippen LogP contribution in [0.1, 0.15) is 5.56 Å². The first-order valence-electron chi connectivity index (χ1n) is 7.97. The number of nitro groups is 1. The summed E-state index contributed by atoms with van der Waals surface area (Å²) in [6, 6.07) is 13.4. The Labute approximate surface area is 141 Å². The smallest absolute Gasteiger partial charge is 0.272 e. The van der Waals surface area contributed by atoms with E-state index in [9.17, 15) is 10.1 Å². The van der Waals surface area contributed by atoms with Gasteiger partial charge in [0.2, 0.25) is 0 Å². The maximum Gasteiger partial charge on any atom is 0.272 e. The number of aryl methyl sites for hydroxylation is 1. The van der Waals surface area contributed by atoms with Gasteiger partial charge in [0.05, 0.1) is 12.0 Å². The number of benzene rings is 2. The molecule has 2 aromatic rings. The van der Waals surface area contributed by atoms with Crippen molar-refractivity contribution in [3.63, 3.8) is 0 Å². The van der Waals surface area contributed by atoms with E-state index in [2.05, 4.69) is 21.9 Å². The standard InChI is InChI=1S/C18H21N3O3/c1-14-13-16(5-8-18(14)21(22)23)20-11-9-19(10-12-20)15-3-6-17(24-2)7-4-15/h3-8,13H,9-12H2,1-2H3. The van der Waals surface area contributed by atoms with Crippen LogP contribution in [0.5, 0.6) is 5.75 Å². The minimum Gasteiger partial charge on any atom is -0.497 e. The van der Waals surface area contributed by atoms with E-state index in [1.807, 2.05) is 24.3 Å². The molecule has 6 nitrogen and oxygen atoms in total. The van der Waals surface area contributed by atoms with Crippen molar-refractivity contribution in [3.8, 4) is 5.75 Å². The Kier molecular flexibility index (Phi) is 4.55. The van der Waals surface area contributed by atoms with E-state index in [0.717, 1.165) is 37.6 Å². The highest BCUT2D eigenvalue weighted by atomic mass is 16.6. The number of ether oxygens (including phenoxy) is 1. The van der Waals surface area contributed by atoms with E-state index in [-0.39, 0.29) is 10.6 Å². The number of nitro benzene ring substituents is 1. The zero-order chi connectivity index (χ0) is 17.1. The van der Waals surface area contributed by atoms with Crippen molar-refractivity contribution in [2.45, 2.75) is 6.92 Å². The van der Waals surface area contributed by atoms with Crippen molar-refractivity contribution in [3.05, 3.63) is 58.1 Å². The highest BCUT2D eigenvalue weighted by Gasteiger charge is 2.19. The molecule has 0 spiro atoms. The van der Waals surface area contributed by atoms with Gasteiger partial charge in [0, 0.05) is 49.2 Å². The van der Waals surface area contributed by atoms with Crippen molar-refractivity contribution in [1.82, 2.24) is 0 Å². The number of hydrogen-bond acceptors (Lipinski definition) is 5. The summed E-state index contributed by atoms with van der Waals surface area (Å²) in [4.78, 5) is 15.2. The quantitative estimate of drug-likeness (QED) is 0.637. The predicted molar refractivity (Wildman–Crippen MR) is 95.3 cm³/mol. The third-order valence-electron chi connectivity index (χ3n) is 4.46. The highest BCUT2D eigenvalue weighted by Crippen LogP contribution is 2.26. The van der Waals surface area contributed by atoms with Gasteiger partial charge in [-0.05, 0) is 43.3 Å². The second-order valence-corrected chi connectivity index (χ2v) is 5.90. The molecule has 24 heavy (non-hydrogen) atoms. The highest BCUT2D eigenvalue weighted by molar-refractivity contribution is 5.57. The van der Waals surface area contributed by atoms with Gasteiger partial charge in [-0.25, -0.2) is 0 Å². The zero-order valence-electron chi connectivity index (χ0n) is 13.9. The van der Waals surface area contributed by atoms with Crippen molar-refractivity contribution in [1.29, 1.82) is 0 Å². The molecule has 0 aromatic heterocycles. The van der Waals surface area contributed by atoms with E-state index in [1.165, 1.54) is 5.69 Å². The Hall–Kier alpha value is -2.76. The molecular weight excluding hydrogens is 306 g/mol. The molecule has 0 atom stereocenters. The average molecular weight is 327 g/mol. The summed E-state index contributed by atoms with van der Waals surface area (Å²) in [5, 5.41) is 10.9. The van der Waals surface area contributed by atoms with Gasteiger partial charge in [-0.3, -0.25) is 10.1 Å². The third kappa shape index (κ3) is 3.27. The summed E-state index contributed by atoms with van der Waals surface area (Å²) in [5.74, 6) is 0.860. The van der Waals surface area contributed by atoms with Crippen LogP contribution >= 0.6 is 0 Å². The van der Waals surface area contributed by atoms with Crippen LogP contribution in [0.25, 0.3) is 0 Å². The van der Waals surface area contributed by atoms with Crippen molar-refractivity contribution in [2.75, 3.05) is 43.1 Å². The number of methoxy groups -OCH3 is 1. The fourth-order valence-corrected chi connectivity index (χ4v) is 3.06. The molecule has 0 N–H and O–H groups in total. The lowest BCUT2D eigenvalue weighted by molar-refractivity contribution is -0.385. The second-order valence-electron chi connectivity index (χ2n) is 5.90. The van der Waals surface area contributed by atoms with Crippen molar-refractivity contribution < 1.29 is 9.66 Å². The molecule has 0 bridgehead atoms. The van der Waals surface area contributed by atoms with E-state index in [0.29, 0.717) is 5.56 Å². The monoisotopic (exact) mass is 327 g/mol. The van der Waals surface area contributed by atoms with Crippen LogP contribution in [-0.4, -0.2) is 38.2 Å². The van der Waals surface area contributed by atoms with E-state index in [1.54, 1.807) is 20.1 Å². The van der Waals surface area contributed by atoms with E-state index < -0.39 is 0 Å². The molecule has 0 unspecified atom stereocenters. The van der Waals surface area contributed by atoms with Crippen LogP contribution in [0, 0.1) is 17.0 Å². The number of hydrogen-bond donors (Lipinski definition) is 0. The molecule has 0 saturated carbocycles. The SMILES string of the molecule is COc1ccc(N2CCN(c3ccc([N+](=O)[O-])c(C)c3)CC2)cc1. The second kappa shape index (κ2) is 6.78. The lowest BCUT2D eigenvalue weighted by Crippen LogP contribution is -2.46. The van der Waals surface area contributed by atoms with Gasteiger partial charge in [0.25, 0.3) is 5.69 Å². The van der Waals surface area contributed by atoms with E-state index in [4.69, 9.17) is 4.74 Å². The number of rotatable bonds is 4. The number of piperazine rings is 1. The molecule has 1 heterocycles. The zero-order valence-corrected chi connectivity index (χ0v) is 13.9. The van der Waals surface area contributed by atoms with Gasteiger partial charge in [-0.15, -0.1) is 0 Å². The molecular formula is C18H21N3O3. The summed E-state index contributed by atoms with van der Waals surface area (Å²) < 4.78 is 5.19. The van der Waals surface area contributed by atoms with Gasteiger partial charge in [-0.2, -0.15) is 0 Å². The Morgan fingerprint density at radius 1 is 0.958 bits per heavy atom. The number of nitrogens with zero attached hydrogens (tertiary/aromatic N) is 3. The Morgan fingerprint density at radius 2 is 1.50 bits per heavy atom. The first kappa shape index (κ1) is 16.1. The molecule has 1 aliphatic heterocycles. The maximum absolute atomic E-state index is 10.9. The Balaban J connectivity index is 1.66. The van der Waals surface area contributed by atoms with Crippen LogP contribution in [0.4, 0.5) is 17.1 Å². The minimum atomic E-state index is -0.333. The van der Waals surface area contributed by atoms with Gasteiger partial charge < -0.3 is 14.5 Å². The van der Waals surface area contributed by atoms with Gasteiger partial charge in [0.1, 0.15) is 5.75 Å². The summed E-state index contributed by atoms with van der Waals surface area (Å²) in [6.45, 7) is 5.41. The maximum atomic E-state index is 10.9. The fraction of sp³-hybridized carbons (Fsp3) is 0.333. The molecule has 1 aliphatic rings.